The highest BCUT2D eigenvalue weighted by Crippen LogP contribution is 2.29. The van der Waals surface area contributed by atoms with Gasteiger partial charge in [0, 0.05) is 10.6 Å². The molecule has 0 saturated heterocycles. The summed E-state index contributed by atoms with van der Waals surface area (Å²) in [6.45, 7) is -0.420. The summed E-state index contributed by atoms with van der Waals surface area (Å²) in [5, 5.41) is 20.9. The molecule has 2 aromatic rings. The zero-order valence-electron chi connectivity index (χ0n) is 16.4. The van der Waals surface area contributed by atoms with E-state index < -0.39 is 24.0 Å². The fraction of sp³-hybridized carbons (Fsp3) is 0.304. The number of carbonyl (C=O) groups is 2. The van der Waals surface area contributed by atoms with Crippen molar-refractivity contribution in [1.29, 1.82) is 10.5 Å². The predicted octanol–water partition coefficient (Wildman–Crippen LogP) is 3.96. The summed E-state index contributed by atoms with van der Waals surface area (Å²) in [5.74, 6) is -0.415. The Morgan fingerprint density at radius 3 is 2.43 bits per heavy atom. The Morgan fingerprint density at radius 2 is 1.77 bits per heavy atom. The van der Waals surface area contributed by atoms with Crippen molar-refractivity contribution in [2.75, 3.05) is 6.61 Å². The zero-order chi connectivity index (χ0) is 21.4. The van der Waals surface area contributed by atoms with Crippen LogP contribution in [0.15, 0.2) is 53.4 Å². The molecule has 1 amide bonds. The number of ether oxygens (including phenoxy) is 1. The van der Waals surface area contributed by atoms with Gasteiger partial charge in [-0.25, -0.2) is 4.79 Å². The van der Waals surface area contributed by atoms with Crippen molar-refractivity contribution >= 4 is 23.6 Å². The number of nitriles is 2. The molecule has 1 aliphatic rings. The topological polar surface area (TPSA) is 103 Å². The summed E-state index contributed by atoms with van der Waals surface area (Å²) in [6.07, 6.45) is 3.05. The molecule has 30 heavy (non-hydrogen) atoms. The van der Waals surface area contributed by atoms with Crippen LogP contribution in [0, 0.1) is 22.7 Å². The number of thioether (sulfide) groups is 1. The van der Waals surface area contributed by atoms with Crippen LogP contribution in [0.3, 0.4) is 0 Å². The van der Waals surface area contributed by atoms with Gasteiger partial charge in [-0.1, -0.05) is 24.3 Å². The van der Waals surface area contributed by atoms with Crippen LogP contribution in [0.2, 0.25) is 0 Å². The van der Waals surface area contributed by atoms with Gasteiger partial charge in [0.05, 0.1) is 23.3 Å². The summed E-state index contributed by atoms with van der Waals surface area (Å²) >= 11 is 1.48. The van der Waals surface area contributed by atoms with Crippen LogP contribution in [-0.4, -0.2) is 24.0 Å². The van der Waals surface area contributed by atoms with Crippen molar-refractivity contribution < 1.29 is 14.3 Å². The normalized spacial score (nSPS) is 14.3. The summed E-state index contributed by atoms with van der Waals surface area (Å²) in [5.41, 5.74) is 1.18. The molecule has 152 valence electrons. The summed E-state index contributed by atoms with van der Waals surface area (Å²) < 4.78 is 5.20. The van der Waals surface area contributed by atoms with Gasteiger partial charge in [0.2, 0.25) is 0 Å². The molecule has 6 nitrogen and oxygen atoms in total. The van der Waals surface area contributed by atoms with E-state index in [2.05, 4.69) is 17.5 Å². The maximum Gasteiger partial charge on any atom is 0.339 e. The van der Waals surface area contributed by atoms with Gasteiger partial charge in [0.25, 0.3) is 5.91 Å². The van der Waals surface area contributed by atoms with Crippen LogP contribution in [0.1, 0.15) is 47.2 Å². The minimum absolute atomic E-state index is 0.389. The minimum Gasteiger partial charge on any atom is -0.452 e. The van der Waals surface area contributed by atoms with E-state index in [0.717, 1.165) is 23.3 Å². The average molecular weight is 420 g/mol. The van der Waals surface area contributed by atoms with Crippen LogP contribution in [0.4, 0.5) is 0 Å². The number of carbonyl (C=O) groups excluding carboxylic acids is 2. The van der Waals surface area contributed by atoms with Gasteiger partial charge < -0.3 is 10.1 Å². The molecule has 0 unspecified atom stereocenters. The third-order valence-corrected chi connectivity index (χ3v) is 6.11. The molecular weight excluding hydrogens is 398 g/mol. The number of nitrogens with one attached hydrogen (secondary N) is 1. The van der Waals surface area contributed by atoms with Crippen molar-refractivity contribution in [1.82, 2.24) is 5.32 Å². The van der Waals surface area contributed by atoms with E-state index in [1.54, 1.807) is 24.3 Å². The first-order chi connectivity index (χ1) is 14.5. The number of hydrogen-bond acceptors (Lipinski definition) is 6. The standard InChI is InChI=1S/C23H21N3O3S/c24-13-17-7-9-18(10-8-17)15-30-20-6-2-1-5-19(20)22(28)29-14-21(27)26-23(16-25)11-3-4-12-23/h1-2,5-10H,3-4,11-12,14-15H2,(H,26,27). The second-order valence-corrected chi connectivity index (χ2v) is 8.14. The van der Waals surface area contributed by atoms with Crippen molar-refractivity contribution in [2.24, 2.45) is 0 Å². The molecule has 0 aliphatic heterocycles. The molecule has 0 spiro atoms. The molecule has 1 saturated carbocycles. The van der Waals surface area contributed by atoms with Crippen molar-refractivity contribution in [2.45, 2.75) is 41.9 Å². The molecule has 0 bridgehead atoms. The second-order valence-electron chi connectivity index (χ2n) is 7.12. The van der Waals surface area contributed by atoms with Crippen molar-refractivity contribution in [3.63, 3.8) is 0 Å². The molecule has 1 aliphatic carbocycles. The Morgan fingerprint density at radius 1 is 1.07 bits per heavy atom. The summed E-state index contributed by atoms with van der Waals surface area (Å²) in [7, 11) is 0. The maximum atomic E-state index is 12.5. The van der Waals surface area contributed by atoms with Gasteiger partial charge in [0.1, 0.15) is 5.54 Å². The number of hydrogen-bond donors (Lipinski definition) is 1. The monoisotopic (exact) mass is 419 g/mol. The Hall–Kier alpha value is -3.29. The smallest absolute Gasteiger partial charge is 0.339 e. The van der Waals surface area contributed by atoms with Crippen molar-refractivity contribution in [3.05, 3.63) is 65.2 Å². The molecule has 0 atom stereocenters. The first-order valence-electron chi connectivity index (χ1n) is 9.65. The lowest BCUT2D eigenvalue weighted by Crippen LogP contribution is -2.46. The third kappa shape index (κ3) is 5.40. The number of rotatable bonds is 7. The minimum atomic E-state index is -0.835. The lowest BCUT2D eigenvalue weighted by Gasteiger charge is -2.21. The number of benzene rings is 2. The highest BCUT2D eigenvalue weighted by molar-refractivity contribution is 7.98. The maximum absolute atomic E-state index is 12.5. The van der Waals surface area contributed by atoms with Crippen LogP contribution in [-0.2, 0) is 15.3 Å². The molecule has 0 radical (unpaired) electrons. The lowest BCUT2D eigenvalue weighted by molar-refractivity contribution is -0.125. The second kappa shape index (κ2) is 9.96. The molecule has 1 N–H and O–H groups in total. The van der Waals surface area contributed by atoms with E-state index in [1.807, 2.05) is 24.3 Å². The van der Waals surface area contributed by atoms with Crippen LogP contribution >= 0.6 is 11.8 Å². The Bertz CT molecular complexity index is 1000. The van der Waals surface area contributed by atoms with E-state index in [1.165, 1.54) is 11.8 Å². The Kier molecular flexibility index (Phi) is 7.11. The van der Waals surface area contributed by atoms with E-state index in [-0.39, 0.29) is 0 Å². The van der Waals surface area contributed by atoms with Gasteiger partial charge in [-0.3, -0.25) is 4.79 Å². The molecular formula is C23H21N3O3S. The van der Waals surface area contributed by atoms with Crippen LogP contribution in [0.25, 0.3) is 0 Å². The first-order valence-corrected chi connectivity index (χ1v) is 10.6. The molecule has 7 heteroatoms. The third-order valence-electron chi connectivity index (χ3n) is 4.97. The van der Waals surface area contributed by atoms with E-state index in [4.69, 9.17) is 10.00 Å². The number of esters is 1. The molecule has 3 rings (SSSR count). The van der Waals surface area contributed by atoms with Gasteiger partial charge in [-0.15, -0.1) is 11.8 Å². The first kappa shape index (κ1) is 21.4. The van der Waals surface area contributed by atoms with E-state index >= 15 is 0 Å². The summed E-state index contributed by atoms with van der Waals surface area (Å²) in [6, 6.07) is 18.6. The van der Waals surface area contributed by atoms with E-state index in [0.29, 0.717) is 29.7 Å². The van der Waals surface area contributed by atoms with Gasteiger partial charge in [-0.05, 0) is 55.5 Å². The summed E-state index contributed by atoms with van der Waals surface area (Å²) in [4.78, 5) is 25.5. The number of nitrogens with zero attached hydrogens (tertiary/aromatic N) is 2. The fourth-order valence-corrected chi connectivity index (χ4v) is 4.35. The van der Waals surface area contributed by atoms with Crippen molar-refractivity contribution in [3.8, 4) is 12.1 Å². The SMILES string of the molecule is N#Cc1ccc(CSc2ccccc2C(=O)OCC(=O)NC2(C#N)CCCC2)cc1. The Balaban J connectivity index is 1.57. The predicted molar refractivity (Wildman–Crippen MR) is 112 cm³/mol. The average Bonchev–Trinajstić information content (AvgIpc) is 3.25. The molecule has 0 heterocycles. The highest BCUT2D eigenvalue weighted by atomic mass is 32.2. The fourth-order valence-electron chi connectivity index (χ4n) is 3.35. The molecule has 2 aromatic carbocycles. The van der Waals surface area contributed by atoms with E-state index in [9.17, 15) is 14.9 Å². The Labute approximate surface area is 179 Å². The largest absolute Gasteiger partial charge is 0.452 e. The van der Waals surface area contributed by atoms with Gasteiger partial charge >= 0.3 is 5.97 Å². The quantitative estimate of drug-likeness (QED) is 0.538. The van der Waals surface area contributed by atoms with Gasteiger partial charge in [0.15, 0.2) is 6.61 Å². The number of amides is 1. The molecule has 0 aromatic heterocycles. The van der Waals surface area contributed by atoms with Crippen LogP contribution < -0.4 is 5.32 Å². The molecule has 1 fully saturated rings. The highest BCUT2D eigenvalue weighted by Gasteiger charge is 2.35. The zero-order valence-corrected chi connectivity index (χ0v) is 17.2. The van der Waals surface area contributed by atoms with Crippen LogP contribution in [0.5, 0.6) is 0 Å². The lowest BCUT2D eigenvalue weighted by atomic mass is 10.00. The van der Waals surface area contributed by atoms with Gasteiger partial charge in [-0.2, -0.15) is 10.5 Å².